The molecule has 88 valence electrons. The molecule has 0 aliphatic rings. The molecule has 0 saturated carbocycles. The van der Waals surface area contributed by atoms with E-state index in [-0.39, 0.29) is 0 Å². The number of fused-ring (bicyclic) bond motifs is 1. The van der Waals surface area contributed by atoms with Gasteiger partial charge in [0.1, 0.15) is 0 Å². The van der Waals surface area contributed by atoms with Crippen LogP contribution in [0.5, 0.6) is 0 Å². The molecule has 0 unspecified atom stereocenters. The average Bonchev–Trinajstić information content (AvgIpc) is 2.39. The summed E-state index contributed by atoms with van der Waals surface area (Å²) in [5.74, 6) is 0. The van der Waals surface area contributed by atoms with Gasteiger partial charge in [-0.3, -0.25) is 0 Å². The maximum Gasteiger partial charge on any atom is 0.0487 e. The Morgan fingerprint density at radius 1 is 0.778 bits per heavy atom. The third-order valence-electron chi connectivity index (χ3n) is 3.28. The second-order valence-corrected chi connectivity index (χ2v) is 4.87. The van der Waals surface area contributed by atoms with E-state index < -0.39 is 0 Å². The number of hydrogen-bond acceptors (Lipinski definition) is 0. The Morgan fingerprint density at radius 2 is 1.50 bits per heavy atom. The van der Waals surface area contributed by atoms with Gasteiger partial charge in [0.2, 0.25) is 0 Å². The van der Waals surface area contributed by atoms with Crippen molar-refractivity contribution in [1.82, 2.24) is 0 Å². The summed E-state index contributed by atoms with van der Waals surface area (Å²) >= 11 is 6.36. The van der Waals surface area contributed by atoms with Crippen molar-refractivity contribution in [2.45, 2.75) is 6.92 Å². The summed E-state index contributed by atoms with van der Waals surface area (Å²) in [5, 5.41) is 3.30. The molecule has 1 heteroatoms. The minimum atomic E-state index is 0.811. The lowest BCUT2D eigenvalue weighted by molar-refractivity contribution is 1.47. The molecule has 3 rings (SSSR count). The van der Waals surface area contributed by atoms with Crippen molar-refractivity contribution in [2.24, 2.45) is 0 Å². The van der Waals surface area contributed by atoms with Gasteiger partial charge in [0.25, 0.3) is 0 Å². The lowest BCUT2D eigenvalue weighted by Crippen LogP contribution is -1.86. The van der Waals surface area contributed by atoms with Crippen LogP contribution in [0.25, 0.3) is 21.9 Å². The highest BCUT2D eigenvalue weighted by atomic mass is 35.5. The molecule has 0 heterocycles. The van der Waals surface area contributed by atoms with Crippen LogP contribution in [-0.4, -0.2) is 0 Å². The van der Waals surface area contributed by atoms with Gasteiger partial charge in [0.05, 0.1) is 0 Å². The highest BCUT2D eigenvalue weighted by Crippen LogP contribution is 2.35. The summed E-state index contributed by atoms with van der Waals surface area (Å²) in [6, 6.07) is 20.8. The van der Waals surface area contributed by atoms with Crippen molar-refractivity contribution in [1.29, 1.82) is 0 Å². The quantitative estimate of drug-likeness (QED) is 0.539. The molecule has 3 aromatic carbocycles. The lowest BCUT2D eigenvalue weighted by atomic mass is 9.95. The zero-order chi connectivity index (χ0) is 12.5. The minimum Gasteiger partial charge on any atom is -0.0837 e. The van der Waals surface area contributed by atoms with E-state index in [9.17, 15) is 0 Å². The van der Waals surface area contributed by atoms with E-state index in [0.717, 1.165) is 10.6 Å². The molecular formula is C17H13Cl. The molecule has 0 N–H and O–H groups in total. The van der Waals surface area contributed by atoms with Crippen LogP contribution in [0.1, 0.15) is 5.56 Å². The molecular weight excluding hydrogens is 240 g/mol. The fraction of sp³-hybridized carbons (Fsp3) is 0.0588. The Balaban J connectivity index is 2.39. The highest BCUT2D eigenvalue weighted by Gasteiger charge is 2.09. The van der Waals surface area contributed by atoms with Gasteiger partial charge in [-0.1, -0.05) is 66.2 Å². The maximum atomic E-state index is 6.36. The second-order valence-electron chi connectivity index (χ2n) is 4.46. The van der Waals surface area contributed by atoms with Crippen LogP contribution < -0.4 is 0 Å². The zero-order valence-corrected chi connectivity index (χ0v) is 10.9. The van der Waals surface area contributed by atoms with Gasteiger partial charge in [-0.25, -0.2) is 0 Å². The molecule has 0 nitrogen and oxygen atoms in total. The Morgan fingerprint density at radius 3 is 2.33 bits per heavy atom. The fourth-order valence-corrected chi connectivity index (χ4v) is 2.74. The van der Waals surface area contributed by atoms with Crippen LogP contribution >= 0.6 is 11.6 Å². The topological polar surface area (TPSA) is 0 Å². The first kappa shape index (κ1) is 11.3. The van der Waals surface area contributed by atoms with Gasteiger partial charge in [0.15, 0.2) is 0 Å². The SMILES string of the molecule is Cc1cccc(Cl)c1-c1cccc2ccccc12. The monoisotopic (exact) mass is 252 g/mol. The maximum absolute atomic E-state index is 6.36. The van der Waals surface area contributed by atoms with Gasteiger partial charge in [0, 0.05) is 10.6 Å². The van der Waals surface area contributed by atoms with Gasteiger partial charge < -0.3 is 0 Å². The van der Waals surface area contributed by atoms with Crippen molar-refractivity contribution in [3.63, 3.8) is 0 Å². The summed E-state index contributed by atoms with van der Waals surface area (Å²) < 4.78 is 0. The van der Waals surface area contributed by atoms with E-state index in [4.69, 9.17) is 11.6 Å². The van der Waals surface area contributed by atoms with E-state index in [2.05, 4.69) is 55.5 Å². The molecule has 0 saturated heterocycles. The molecule has 0 atom stereocenters. The minimum absolute atomic E-state index is 0.811. The van der Waals surface area contributed by atoms with Gasteiger partial charge >= 0.3 is 0 Å². The van der Waals surface area contributed by atoms with Crippen molar-refractivity contribution in [3.8, 4) is 11.1 Å². The lowest BCUT2D eigenvalue weighted by Gasteiger charge is -2.11. The van der Waals surface area contributed by atoms with Crippen LogP contribution in [0.2, 0.25) is 5.02 Å². The summed E-state index contributed by atoms with van der Waals surface area (Å²) in [6.07, 6.45) is 0. The third kappa shape index (κ3) is 1.79. The summed E-state index contributed by atoms with van der Waals surface area (Å²) in [5.41, 5.74) is 3.55. The number of rotatable bonds is 1. The number of aryl methyl sites for hydroxylation is 1. The smallest absolute Gasteiger partial charge is 0.0487 e. The second kappa shape index (κ2) is 4.47. The molecule has 0 spiro atoms. The van der Waals surface area contributed by atoms with Crippen molar-refractivity contribution in [2.75, 3.05) is 0 Å². The van der Waals surface area contributed by atoms with Crippen LogP contribution in [0, 0.1) is 6.92 Å². The number of hydrogen-bond donors (Lipinski definition) is 0. The Bertz CT molecular complexity index is 688. The highest BCUT2D eigenvalue weighted by molar-refractivity contribution is 6.34. The fourth-order valence-electron chi connectivity index (χ4n) is 2.42. The molecule has 0 aromatic heterocycles. The first-order valence-electron chi connectivity index (χ1n) is 6.00. The normalized spacial score (nSPS) is 10.8. The zero-order valence-electron chi connectivity index (χ0n) is 10.2. The molecule has 18 heavy (non-hydrogen) atoms. The third-order valence-corrected chi connectivity index (χ3v) is 3.60. The Kier molecular flexibility index (Phi) is 2.81. The first-order valence-corrected chi connectivity index (χ1v) is 6.38. The van der Waals surface area contributed by atoms with E-state index in [0.29, 0.717) is 0 Å². The molecule has 0 aliphatic heterocycles. The van der Waals surface area contributed by atoms with E-state index >= 15 is 0 Å². The standard InChI is InChI=1S/C17H13Cl/c1-12-6-4-11-16(18)17(12)15-10-5-8-13-7-2-3-9-14(13)15/h2-11H,1H3. The Labute approximate surface area is 112 Å². The largest absolute Gasteiger partial charge is 0.0837 e. The molecule has 0 aliphatic carbocycles. The van der Waals surface area contributed by atoms with Gasteiger partial charge in [-0.2, -0.15) is 0 Å². The van der Waals surface area contributed by atoms with Crippen molar-refractivity contribution >= 4 is 22.4 Å². The van der Waals surface area contributed by atoms with Crippen LogP contribution in [0.4, 0.5) is 0 Å². The summed E-state index contributed by atoms with van der Waals surface area (Å²) in [6.45, 7) is 2.10. The van der Waals surface area contributed by atoms with E-state index in [1.54, 1.807) is 0 Å². The average molecular weight is 253 g/mol. The predicted octanol–water partition coefficient (Wildman–Crippen LogP) is 5.47. The van der Waals surface area contributed by atoms with Crippen molar-refractivity contribution < 1.29 is 0 Å². The Hall–Kier alpha value is -1.79. The molecule has 0 radical (unpaired) electrons. The predicted molar refractivity (Wildman–Crippen MR) is 79.1 cm³/mol. The van der Waals surface area contributed by atoms with Crippen LogP contribution in [0.15, 0.2) is 60.7 Å². The molecule has 3 aromatic rings. The molecule has 0 bridgehead atoms. The van der Waals surface area contributed by atoms with Crippen LogP contribution in [0.3, 0.4) is 0 Å². The van der Waals surface area contributed by atoms with Gasteiger partial charge in [-0.05, 0) is 34.9 Å². The summed E-state index contributed by atoms with van der Waals surface area (Å²) in [4.78, 5) is 0. The van der Waals surface area contributed by atoms with Crippen LogP contribution in [-0.2, 0) is 0 Å². The summed E-state index contributed by atoms with van der Waals surface area (Å²) in [7, 11) is 0. The van der Waals surface area contributed by atoms with E-state index in [1.165, 1.54) is 21.9 Å². The molecule has 0 amide bonds. The van der Waals surface area contributed by atoms with Crippen molar-refractivity contribution in [3.05, 3.63) is 71.2 Å². The first-order chi connectivity index (χ1) is 8.77. The van der Waals surface area contributed by atoms with Gasteiger partial charge in [-0.15, -0.1) is 0 Å². The number of benzene rings is 3. The molecule has 0 fully saturated rings. The number of halogens is 1. The van der Waals surface area contributed by atoms with E-state index in [1.807, 2.05) is 12.1 Å².